The van der Waals surface area contributed by atoms with Crippen molar-refractivity contribution in [3.8, 4) is 0 Å². The van der Waals surface area contributed by atoms with Crippen LogP contribution in [-0.2, 0) is 19.9 Å². The molecule has 5 heteroatoms. The Hall–Kier alpha value is -1.75. The Labute approximate surface area is 117 Å². The molecule has 1 aromatic heterocycles. The molecule has 0 aliphatic rings. The van der Waals surface area contributed by atoms with E-state index in [1.165, 1.54) is 6.07 Å². The molecule has 3 nitrogen and oxygen atoms in total. The third-order valence-electron chi connectivity index (χ3n) is 3.46. The highest BCUT2D eigenvalue weighted by atomic mass is 19.2. The largest absolute Gasteiger partial charge is 0.311 e. The minimum atomic E-state index is -0.816. The summed E-state index contributed by atoms with van der Waals surface area (Å²) in [5.41, 5.74) is 2.81. The van der Waals surface area contributed by atoms with Gasteiger partial charge in [0.2, 0.25) is 0 Å². The lowest BCUT2D eigenvalue weighted by Crippen LogP contribution is -2.21. The van der Waals surface area contributed by atoms with Gasteiger partial charge < -0.3 is 5.32 Å². The first-order chi connectivity index (χ1) is 9.55. The van der Waals surface area contributed by atoms with Crippen LogP contribution in [0.25, 0.3) is 0 Å². The predicted octanol–water partition coefficient (Wildman–Crippen LogP) is 2.76. The van der Waals surface area contributed by atoms with Gasteiger partial charge in [-0.15, -0.1) is 0 Å². The molecule has 108 valence electrons. The fourth-order valence-corrected chi connectivity index (χ4v) is 2.30. The van der Waals surface area contributed by atoms with Crippen LogP contribution in [0.3, 0.4) is 0 Å². The van der Waals surface area contributed by atoms with Gasteiger partial charge in [0.15, 0.2) is 11.6 Å². The van der Waals surface area contributed by atoms with E-state index in [1.54, 1.807) is 6.07 Å². The van der Waals surface area contributed by atoms with Crippen LogP contribution in [0.15, 0.2) is 24.3 Å². The summed E-state index contributed by atoms with van der Waals surface area (Å²) in [5, 5.41) is 7.62. The molecule has 2 rings (SSSR count). The number of benzene rings is 1. The van der Waals surface area contributed by atoms with Crippen molar-refractivity contribution in [3.05, 3.63) is 52.9 Å². The van der Waals surface area contributed by atoms with Crippen LogP contribution >= 0.6 is 0 Å². The lowest BCUT2D eigenvalue weighted by atomic mass is 10.0. The van der Waals surface area contributed by atoms with Crippen LogP contribution in [0.4, 0.5) is 8.78 Å². The summed E-state index contributed by atoms with van der Waals surface area (Å²) in [6.45, 7) is 2.05. The van der Waals surface area contributed by atoms with Gasteiger partial charge in [-0.25, -0.2) is 8.78 Å². The zero-order valence-electron chi connectivity index (χ0n) is 12.0. The highest BCUT2D eigenvalue weighted by molar-refractivity contribution is 5.22. The second-order valence-corrected chi connectivity index (χ2v) is 4.83. The van der Waals surface area contributed by atoms with Gasteiger partial charge in [0, 0.05) is 7.05 Å². The maximum absolute atomic E-state index is 13.3. The summed E-state index contributed by atoms with van der Waals surface area (Å²) in [4.78, 5) is 0. The summed E-state index contributed by atoms with van der Waals surface area (Å²) in [7, 11) is 3.74. The Morgan fingerprint density at radius 2 is 2.00 bits per heavy atom. The lowest BCUT2D eigenvalue weighted by molar-refractivity contribution is 0.501. The number of hydrogen-bond donors (Lipinski definition) is 1. The van der Waals surface area contributed by atoms with Crippen molar-refractivity contribution in [2.75, 3.05) is 7.05 Å². The maximum atomic E-state index is 13.3. The first-order valence-corrected chi connectivity index (χ1v) is 6.69. The van der Waals surface area contributed by atoms with Crippen LogP contribution < -0.4 is 5.32 Å². The number of nitrogens with one attached hydrogen (secondary N) is 1. The normalized spacial score (nSPS) is 12.7. The summed E-state index contributed by atoms with van der Waals surface area (Å²) in [6, 6.07) is 6.08. The third-order valence-corrected chi connectivity index (χ3v) is 3.46. The summed E-state index contributed by atoms with van der Waals surface area (Å²) >= 11 is 0. The second kappa shape index (κ2) is 6.13. The van der Waals surface area contributed by atoms with Gasteiger partial charge >= 0.3 is 0 Å². The summed E-state index contributed by atoms with van der Waals surface area (Å²) in [5.74, 6) is -1.62. The first kappa shape index (κ1) is 14.7. The number of nitrogens with zero attached hydrogens (tertiary/aromatic N) is 2. The molecule has 1 aromatic carbocycles. The zero-order valence-corrected chi connectivity index (χ0v) is 12.0. The molecule has 0 spiro atoms. The Kier molecular flexibility index (Phi) is 4.49. The van der Waals surface area contributed by atoms with E-state index in [0.717, 1.165) is 29.4 Å². The van der Waals surface area contributed by atoms with Crippen molar-refractivity contribution in [1.82, 2.24) is 15.1 Å². The van der Waals surface area contributed by atoms with E-state index in [4.69, 9.17) is 0 Å². The highest BCUT2D eigenvalue weighted by Gasteiger charge is 2.16. The van der Waals surface area contributed by atoms with Crippen molar-refractivity contribution >= 4 is 0 Å². The quantitative estimate of drug-likeness (QED) is 0.912. The molecular formula is C15H19F2N3. The zero-order chi connectivity index (χ0) is 14.7. The molecule has 2 aromatic rings. The second-order valence-electron chi connectivity index (χ2n) is 4.83. The molecule has 1 heterocycles. The van der Waals surface area contributed by atoms with Gasteiger partial charge in [-0.05, 0) is 43.7 Å². The standard InChI is InChI=1S/C15H19F2N3/c1-4-11-9-15(20(3)19-11)14(18-2)8-10-5-6-12(16)13(17)7-10/h5-7,9,14,18H,4,8H2,1-3H3. The average molecular weight is 279 g/mol. The molecule has 0 radical (unpaired) electrons. The lowest BCUT2D eigenvalue weighted by Gasteiger charge is -2.16. The van der Waals surface area contributed by atoms with E-state index in [9.17, 15) is 8.78 Å². The molecule has 0 saturated carbocycles. The number of aryl methyl sites for hydroxylation is 2. The van der Waals surface area contributed by atoms with Crippen LogP contribution in [-0.4, -0.2) is 16.8 Å². The molecule has 1 unspecified atom stereocenters. The van der Waals surface area contributed by atoms with E-state index in [2.05, 4.69) is 17.3 Å². The Morgan fingerprint density at radius 3 is 2.55 bits per heavy atom. The number of aromatic nitrogens is 2. The number of rotatable bonds is 5. The van der Waals surface area contributed by atoms with Gasteiger partial charge in [0.25, 0.3) is 0 Å². The summed E-state index contributed by atoms with van der Waals surface area (Å²) in [6.07, 6.45) is 1.45. The molecule has 0 saturated heterocycles. The molecule has 20 heavy (non-hydrogen) atoms. The van der Waals surface area contributed by atoms with Gasteiger partial charge in [-0.2, -0.15) is 5.10 Å². The first-order valence-electron chi connectivity index (χ1n) is 6.69. The van der Waals surface area contributed by atoms with Crippen LogP contribution in [0.5, 0.6) is 0 Å². The van der Waals surface area contributed by atoms with Crippen molar-refractivity contribution in [1.29, 1.82) is 0 Å². The molecule has 0 aliphatic heterocycles. The number of halogens is 2. The molecular weight excluding hydrogens is 260 g/mol. The van der Waals surface area contributed by atoms with Gasteiger partial charge in [0.1, 0.15) is 0 Å². The van der Waals surface area contributed by atoms with Gasteiger partial charge in [0.05, 0.1) is 17.4 Å². The smallest absolute Gasteiger partial charge is 0.159 e. The minimum absolute atomic E-state index is 0.0117. The summed E-state index contributed by atoms with van der Waals surface area (Å²) < 4.78 is 28.0. The predicted molar refractivity (Wildman–Crippen MR) is 74.4 cm³/mol. The molecule has 0 amide bonds. The van der Waals surface area contributed by atoms with Crippen LogP contribution in [0.2, 0.25) is 0 Å². The highest BCUT2D eigenvalue weighted by Crippen LogP contribution is 2.20. The van der Waals surface area contributed by atoms with Crippen molar-refractivity contribution < 1.29 is 8.78 Å². The Balaban J connectivity index is 2.23. The van der Waals surface area contributed by atoms with E-state index >= 15 is 0 Å². The van der Waals surface area contributed by atoms with E-state index < -0.39 is 11.6 Å². The minimum Gasteiger partial charge on any atom is -0.311 e. The fourth-order valence-electron chi connectivity index (χ4n) is 2.30. The Bertz CT molecular complexity index is 593. The van der Waals surface area contributed by atoms with Crippen molar-refractivity contribution in [3.63, 3.8) is 0 Å². The van der Waals surface area contributed by atoms with Crippen molar-refractivity contribution in [2.45, 2.75) is 25.8 Å². The molecule has 0 fully saturated rings. The topological polar surface area (TPSA) is 29.9 Å². The Morgan fingerprint density at radius 1 is 1.25 bits per heavy atom. The molecule has 1 N–H and O–H groups in total. The van der Waals surface area contributed by atoms with Crippen LogP contribution in [0.1, 0.15) is 29.9 Å². The molecule has 0 aliphatic carbocycles. The van der Waals surface area contributed by atoms with E-state index in [-0.39, 0.29) is 6.04 Å². The third kappa shape index (κ3) is 3.04. The van der Waals surface area contributed by atoms with E-state index in [0.29, 0.717) is 6.42 Å². The SMILES string of the molecule is CCc1cc(C(Cc2ccc(F)c(F)c2)NC)n(C)n1. The fraction of sp³-hybridized carbons (Fsp3) is 0.400. The average Bonchev–Trinajstić information content (AvgIpc) is 2.81. The van der Waals surface area contributed by atoms with E-state index in [1.807, 2.05) is 24.8 Å². The molecule has 1 atom stereocenters. The van der Waals surface area contributed by atoms with Gasteiger partial charge in [-0.1, -0.05) is 13.0 Å². The number of likely N-dealkylation sites (N-methyl/N-ethyl adjacent to an activating group) is 1. The molecule has 0 bridgehead atoms. The van der Waals surface area contributed by atoms with Crippen molar-refractivity contribution in [2.24, 2.45) is 7.05 Å². The maximum Gasteiger partial charge on any atom is 0.159 e. The van der Waals surface area contributed by atoms with Crippen LogP contribution in [0, 0.1) is 11.6 Å². The number of hydrogen-bond acceptors (Lipinski definition) is 2. The monoisotopic (exact) mass is 279 g/mol. The van der Waals surface area contributed by atoms with Gasteiger partial charge in [-0.3, -0.25) is 4.68 Å².